The summed E-state index contributed by atoms with van der Waals surface area (Å²) in [6.45, 7) is 8.55. The maximum Gasteiger partial charge on any atom is 0.227 e. The smallest absolute Gasteiger partial charge is 0.227 e. The number of hydrogen-bond acceptors (Lipinski definition) is 2. The molecule has 3 nitrogen and oxygen atoms in total. The van der Waals surface area contributed by atoms with E-state index < -0.39 is 0 Å². The highest BCUT2D eigenvalue weighted by molar-refractivity contribution is 5.83. The first-order valence-electron chi connectivity index (χ1n) is 7.64. The summed E-state index contributed by atoms with van der Waals surface area (Å²) in [5.74, 6) is 1.74. The van der Waals surface area contributed by atoms with Crippen LogP contribution < -0.4 is 10.6 Å². The topological polar surface area (TPSA) is 41.1 Å². The Morgan fingerprint density at radius 3 is 2.67 bits per heavy atom. The van der Waals surface area contributed by atoms with Gasteiger partial charge < -0.3 is 10.6 Å². The lowest BCUT2D eigenvalue weighted by molar-refractivity contribution is -0.131. The van der Waals surface area contributed by atoms with Gasteiger partial charge >= 0.3 is 0 Å². The highest BCUT2D eigenvalue weighted by Gasteiger charge is 2.42. The molecule has 2 aliphatic rings. The molecule has 0 radical (unpaired) electrons. The predicted octanol–water partition coefficient (Wildman–Crippen LogP) is 2.32. The summed E-state index contributed by atoms with van der Waals surface area (Å²) < 4.78 is 0. The van der Waals surface area contributed by atoms with Crippen LogP contribution in [0, 0.1) is 17.3 Å². The quantitative estimate of drug-likeness (QED) is 0.806. The lowest BCUT2D eigenvalue weighted by atomic mass is 9.82. The largest absolute Gasteiger partial charge is 0.353 e. The van der Waals surface area contributed by atoms with Gasteiger partial charge in [0.25, 0.3) is 0 Å². The summed E-state index contributed by atoms with van der Waals surface area (Å²) in [6.07, 6.45) is 5.63. The van der Waals surface area contributed by atoms with Gasteiger partial charge in [0.05, 0.1) is 5.41 Å². The molecule has 0 bridgehead atoms. The van der Waals surface area contributed by atoms with E-state index in [1.165, 1.54) is 19.3 Å². The van der Waals surface area contributed by atoms with Crippen molar-refractivity contribution >= 4 is 5.91 Å². The molecule has 1 saturated heterocycles. The van der Waals surface area contributed by atoms with E-state index in [-0.39, 0.29) is 5.41 Å². The molecule has 0 aromatic heterocycles. The van der Waals surface area contributed by atoms with Crippen LogP contribution in [0.25, 0.3) is 0 Å². The number of hydrogen-bond donors (Lipinski definition) is 2. The molecular weight excluding hydrogens is 224 g/mol. The predicted molar refractivity (Wildman–Crippen MR) is 74.3 cm³/mol. The Morgan fingerprint density at radius 1 is 1.39 bits per heavy atom. The maximum atomic E-state index is 12.5. The second kappa shape index (κ2) is 5.60. The Bertz CT molecular complexity index is 297. The lowest BCUT2D eigenvalue weighted by Gasteiger charge is -2.29. The van der Waals surface area contributed by atoms with Gasteiger partial charge in [-0.05, 0) is 44.1 Å². The fraction of sp³-hybridized carbons (Fsp3) is 0.933. The Balaban J connectivity index is 1.95. The van der Waals surface area contributed by atoms with Crippen molar-refractivity contribution in [2.24, 2.45) is 17.3 Å². The summed E-state index contributed by atoms with van der Waals surface area (Å²) in [5, 5.41) is 6.69. The average molecular weight is 252 g/mol. The van der Waals surface area contributed by atoms with Gasteiger partial charge in [0.15, 0.2) is 0 Å². The minimum Gasteiger partial charge on any atom is -0.353 e. The Morgan fingerprint density at radius 2 is 2.17 bits per heavy atom. The third-order valence-electron chi connectivity index (χ3n) is 5.47. The first kappa shape index (κ1) is 13.9. The second-order valence-electron chi connectivity index (χ2n) is 6.25. The molecule has 2 fully saturated rings. The van der Waals surface area contributed by atoms with Gasteiger partial charge in [-0.15, -0.1) is 0 Å². The monoisotopic (exact) mass is 252 g/mol. The number of nitrogens with one attached hydrogen (secondary N) is 2. The van der Waals surface area contributed by atoms with E-state index in [1.807, 2.05) is 0 Å². The second-order valence-corrected chi connectivity index (χ2v) is 6.25. The van der Waals surface area contributed by atoms with Crippen LogP contribution in [0.15, 0.2) is 0 Å². The summed E-state index contributed by atoms with van der Waals surface area (Å²) in [5.41, 5.74) is -0.135. The van der Waals surface area contributed by atoms with Crippen LogP contribution in [-0.4, -0.2) is 25.0 Å². The molecule has 1 aliphatic heterocycles. The van der Waals surface area contributed by atoms with Crippen molar-refractivity contribution in [2.75, 3.05) is 13.1 Å². The van der Waals surface area contributed by atoms with E-state index >= 15 is 0 Å². The Hall–Kier alpha value is -0.570. The van der Waals surface area contributed by atoms with Crippen molar-refractivity contribution in [1.29, 1.82) is 0 Å². The molecule has 1 saturated carbocycles. The lowest BCUT2D eigenvalue weighted by Crippen LogP contribution is -2.47. The van der Waals surface area contributed by atoms with Crippen LogP contribution in [0.5, 0.6) is 0 Å². The van der Waals surface area contributed by atoms with Crippen LogP contribution in [-0.2, 0) is 4.79 Å². The highest BCUT2D eigenvalue weighted by Crippen LogP contribution is 2.36. The molecule has 104 valence electrons. The van der Waals surface area contributed by atoms with Crippen LogP contribution in [0.4, 0.5) is 0 Å². The van der Waals surface area contributed by atoms with Crippen molar-refractivity contribution in [2.45, 2.75) is 58.9 Å². The summed E-state index contributed by atoms with van der Waals surface area (Å²) >= 11 is 0. The molecule has 1 aliphatic carbocycles. The third-order valence-corrected chi connectivity index (χ3v) is 5.47. The molecule has 18 heavy (non-hydrogen) atoms. The van der Waals surface area contributed by atoms with Gasteiger partial charge in [-0.2, -0.15) is 0 Å². The normalized spacial score (nSPS) is 40.1. The van der Waals surface area contributed by atoms with E-state index in [0.29, 0.717) is 17.9 Å². The standard InChI is InChI=1S/C15H28N2O/c1-4-12-6-7-13(11(12)3)17-14(18)15(5-2)8-9-16-10-15/h11-13,16H,4-10H2,1-3H3,(H,17,18). The summed E-state index contributed by atoms with van der Waals surface area (Å²) in [7, 11) is 0. The van der Waals surface area contributed by atoms with Gasteiger partial charge in [-0.25, -0.2) is 0 Å². The fourth-order valence-electron chi connectivity index (χ4n) is 3.75. The van der Waals surface area contributed by atoms with Crippen molar-refractivity contribution in [1.82, 2.24) is 10.6 Å². The van der Waals surface area contributed by atoms with Gasteiger partial charge in [0, 0.05) is 12.6 Å². The minimum atomic E-state index is -0.135. The zero-order valence-electron chi connectivity index (χ0n) is 12.1. The van der Waals surface area contributed by atoms with Crippen LogP contribution in [0.1, 0.15) is 52.9 Å². The van der Waals surface area contributed by atoms with Crippen LogP contribution in [0.2, 0.25) is 0 Å². The van der Waals surface area contributed by atoms with Gasteiger partial charge in [0.1, 0.15) is 0 Å². The molecule has 0 aromatic carbocycles. The van der Waals surface area contributed by atoms with E-state index in [4.69, 9.17) is 0 Å². The SMILES string of the molecule is CCC1CCC(NC(=O)C2(CC)CCNC2)C1C. The molecule has 4 unspecified atom stereocenters. The van der Waals surface area contributed by atoms with Crippen LogP contribution in [0.3, 0.4) is 0 Å². The molecule has 0 aromatic rings. The Labute approximate surface area is 111 Å². The number of amides is 1. The van der Waals surface area contributed by atoms with Crippen molar-refractivity contribution in [3.05, 3.63) is 0 Å². The third kappa shape index (κ3) is 2.42. The number of carbonyl (C=O) groups excluding carboxylic acids is 1. The molecule has 1 heterocycles. The van der Waals surface area contributed by atoms with E-state index in [1.54, 1.807) is 0 Å². The summed E-state index contributed by atoms with van der Waals surface area (Å²) in [4.78, 5) is 12.5. The zero-order valence-corrected chi connectivity index (χ0v) is 12.1. The first-order valence-corrected chi connectivity index (χ1v) is 7.64. The first-order chi connectivity index (χ1) is 8.63. The van der Waals surface area contributed by atoms with Gasteiger partial charge in [0.2, 0.25) is 5.91 Å². The van der Waals surface area contributed by atoms with E-state index in [0.717, 1.165) is 31.8 Å². The van der Waals surface area contributed by atoms with E-state index in [2.05, 4.69) is 31.4 Å². The molecule has 2 N–H and O–H groups in total. The molecule has 2 rings (SSSR count). The van der Waals surface area contributed by atoms with Gasteiger partial charge in [-0.1, -0.05) is 27.2 Å². The van der Waals surface area contributed by atoms with E-state index in [9.17, 15) is 4.79 Å². The maximum absolute atomic E-state index is 12.5. The summed E-state index contributed by atoms with van der Waals surface area (Å²) in [6, 6.07) is 0.409. The molecule has 4 atom stereocenters. The fourth-order valence-corrected chi connectivity index (χ4v) is 3.75. The van der Waals surface area contributed by atoms with Crippen molar-refractivity contribution in [3.63, 3.8) is 0 Å². The van der Waals surface area contributed by atoms with Crippen molar-refractivity contribution in [3.8, 4) is 0 Å². The van der Waals surface area contributed by atoms with Crippen LogP contribution >= 0.6 is 0 Å². The Kier molecular flexibility index (Phi) is 4.31. The highest BCUT2D eigenvalue weighted by atomic mass is 16.2. The molecule has 0 spiro atoms. The number of carbonyl (C=O) groups is 1. The average Bonchev–Trinajstić information content (AvgIpc) is 2.98. The molecule has 3 heteroatoms. The number of rotatable bonds is 4. The molecular formula is C15H28N2O. The zero-order chi connectivity index (χ0) is 13.2. The minimum absolute atomic E-state index is 0.135. The molecule has 1 amide bonds. The van der Waals surface area contributed by atoms with Gasteiger partial charge in [-0.3, -0.25) is 4.79 Å². The van der Waals surface area contributed by atoms with Crippen molar-refractivity contribution < 1.29 is 4.79 Å².